The number of anilines is 1. The van der Waals surface area contributed by atoms with E-state index in [4.69, 9.17) is 5.73 Å². The van der Waals surface area contributed by atoms with E-state index >= 15 is 0 Å². The lowest BCUT2D eigenvalue weighted by Gasteiger charge is -2.23. The van der Waals surface area contributed by atoms with Gasteiger partial charge in [0.2, 0.25) is 17.7 Å². The summed E-state index contributed by atoms with van der Waals surface area (Å²) in [6.45, 7) is 3.51. The first-order valence-electron chi connectivity index (χ1n) is 14.2. The first kappa shape index (κ1) is 29.5. The predicted octanol–water partition coefficient (Wildman–Crippen LogP) is 3.79. The number of benzene rings is 3. The van der Waals surface area contributed by atoms with Gasteiger partial charge in [-0.05, 0) is 41.8 Å². The van der Waals surface area contributed by atoms with Gasteiger partial charge in [0.1, 0.15) is 6.04 Å². The van der Waals surface area contributed by atoms with Gasteiger partial charge in [-0.15, -0.1) is 0 Å². The van der Waals surface area contributed by atoms with Crippen LogP contribution in [0, 0.1) is 0 Å². The highest BCUT2D eigenvalue weighted by Gasteiger charge is 2.29. The van der Waals surface area contributed by atoms with E-state index in [2.05, 4.69) is 20.6 Å². The highest BCUT2D eigenvalue weighted by atomic mass is 16.2. The lowest BCUT2D eigenvalue weighted by atomic mass is 9.95. The van der Waals surface area contributed by atoms with Crippen LogP contribution in [0.15, 0.2) is 85.5 Å². The minimum Gasteiger partial charge on any atom is -0.361 e. The summed E-state index contributed by atoms with van der Waals surface area (Å²) in [5.74, 6) is -1.06. The van der Waals surface area contributed by atoms with Crippen molar-refractivity contribution < 1.29 is 14.4 Å². The maximum atomic E-state index is 13.5. The Kier molecular flexibility index (Phi) is 8.31. The van der Waals surface area contributed by atoms with Gasteiger partial charge in [-0.1, -0.05) is 60.7 Å². The third-order valence-electron chi connectivity index (χ3n) is 7.50. The average Bonchev–Trinajstić information content (AvgIpc) is 3.60. The fourth-order valence-corrected chi connectivity index (χ4v) is 5.08. The summed E-state index contributed by atoms with van der Waals surface area (Å²) in [7, 11) is 3.47. The SMILES string of the molecule is CN(C)C(=O)C(Cn1cnc(NC(=O)[C@@H](Cc2c[nH]c3ccccc23)NC(=O)C(C)(C)N)c1)c1ccc2ccccc2c1. The molecule has 0 spiro atoms. The number of aromatic nitrogens is 3. The van der Waals surface area contributed by atoms with Crippen molar-refractivity contribution >= 4 is 45.2 Å². The van der Waals surface area contributed by atoms with Gasteiger partial charge in [0, 0.05) is 50.4 Å². The van der Waals surface area contributed by atoms with Crippen molar-refractivity contribution in [2.75, 3.05) is 19.4 Å². The monoisotopic (exact) mass is 579 g/mol. The molecule has 0 radical (unpaired) electrons. The number of aromatic amines is 1. The topological polar surface area (TPSA) is 138 Å². The van der Waals surface area contributed by atoms with E-state index in [0.29, 0.717) is 12.4 Å². The van der Waals surface area contributed by atoms with Crippen molar-refractivity contribution in [3.05, 3.63) is 96.6 Å². The summed E-state index contributed by atoms with van der Waals surface area (Å²) in [5.41, 5.74) is 7.57. The number of rotatable bonds is 10. The molecule has 10 heteroatoms. The first-order valence-corrected chi connectivity index (χ1v) is 14.2. The van der Waals surface area contributed by atoms with Gasteiger partial charge in [-0.25, -0.2) is 4.98 Å². The zero-order chi connectivity index (χ0) is 30.7. The predicted molar refractivity (Wildman–Crippen MR) is 168 cm³/mol. The number of carbonyl (C=O) groups excluding carboxylic acids is 3. The van der Waals surface area contributed by atoms with Gasteiger partial charge in [-0.3, -0.25) is 14.4 Å². The third kappa shape index (κ3) is 6.76. The Morgan fingerprint density at radius 3 is 2.49 bits per heavy atom. The molecule has 5 rings (SSSR count). The Balaban J connectivity index is 1.35. The number of para-hydroxylation sites is 1. The second-order valence-electron chi connectivity index (χ2n) is 11.6. The molecule has 222 valence electrons. The molecule has 0 aliphatic rings. The third-order valence-corrected chi connectivity index (χ3v) is 7.50. The van der Waals surface area contributed by atoms with Crippen LogP contribution >= 0.6 is 0 Å². The van der Waals surface area contributed by atoms with Crippen LogP contribution in [0.2, 0.25) is 0 Å². The van der Waals surface area contributed by atoms with Gasteiger partial charge in [0.15, 0.2) is 5.82 Å². The molecule has 2 aromatic heterocycles. The van der Waals surface area contributed by atoms with E-state index in [-0.39, 0.29) is 12.3 Å². The Bertz CT molecular complexity index is 1780. The van der Waals surface area contributed by atoms with Crippen LogP contribution < -0.4 is 16.4 Å². The first-order chi connectivity index (χ1) is 20.5. The number of carbonyl (C=O) groups is 3. The maximum Gasteiger partial charge on any atom is 0.248 e. The van der Waals surface area contributed by atoms with Crippen LogP contribution in [0.5, 0.6) is 0 Å². The van der Waals surface area contributed by atoms with E-state index in [1.807, 2.05) is 72.9 Å². The molecule has 0 saturated carbocycles. The minimum atomic E-state index is -1.17. The average molecular weight is 580 g/mol. The van der Waals surface area contributed by atoms with Crippen LogP contribution in [0.1, 0.15) is 30.9 Å². The zero-order valence-electron chi connectivity index (χ0n) is 24.8. The molecular formula is C33H37N7O3. The smallest absolute Gasteiger partial charge is 0.248 e. The quantitative estimate of drug-likeness (QED) is 0.199. The molecule has 10 nitrogen and oxygen atoms in total. The zero-order valence-corrected chi connectivity index (χ0v) is 24.8. The summed E-state index contributed by atoms with van der Waals surface area (Å²) < 4.78 is 1.78. The van der Waals surface area contributed by atoms with E-state index in [1.165, 1.54) is 0 Å². The number of hydrogen-bond donors (Lipinski definition) is 4. The number of amides is 3. The summed E-state index contributed by atoms with van der Waals surface area (Å²) in [6.07, 6.45) is 5.36. The Morgan fingerprint density at radius 1 is 1.02 bits per heavy atom. The largest absolute Gasteiger partial charge is 0.361 e. The minimum absolute atomic E-state index is 0.0412. The standard InChI is InChI=1S/C33H37N7O3/c1-33(2,34)32(43)37-28(16-24-17-35-27-12-8-7-11-25(24)27)30(41)38-29-19-40(20-36-29)18-26(31(42)39(3)4)23-14-13-21-9-5-6-10-22(21)15-23/h5-15,17,19-20,26,28,35H,16,18,34H2,1-4H3,(H,37,43)(H,38,41)/t26?,28-/m1/s1. The van der Waals surface area contributed by atoms with Gasteiger partial charge in [0.25, 0.3) is 0 Å². The normalized spacial score (nSPS) is 13.0. The number of nitrogens with zero attached hydrogens (tertiary/aromatic N) is 3. The Morgan fingerprint density at radius 2 is 1.74 bits per heavy atom. The number of imidazole rings is 1. The second-order valence-corrected chi connectivity index (χ2v) is 11.6. The highest BCUT2D eigenvalue weighted by Crippen LogP contribution is 2.26. The Hall–Kier alpha value is -4.96. The fourth-order valence-electron chi connectivity index (χ4n) is 5.08. The number of nitrogens with two attached hydrogens (primary N) is 1. The van der Waals surface area contributed by atoms with Gasteiger partial charge in [-0.2, -0.15) is 0 Å². The highest BCUT2D eigenvalue weighted by molar-refractivity contribution is 5.98. The molecule has 2 heterocycles. The van der Waals surface area contributed by atoms with Crippen LogP contribution in [0.25, 0.3) is 21.7 Å². The van der Waals surface area contributed by atoms with Crippen LogP contribution in [-0.4, -0.2) is 62.8 Å². The molecule has 3 amide bonds. The van der Waals surface area contributed by atoms with Crippen molar-refractivity contribution in [3.8, 4) is 0 Å². The fraction of sp³-hybridized carbons (Fsp3) is 0.273. The van der Waals surface area contributed by atoms with E-state index in [0.717, 1.165) is 32.8 Å². The molecular weight excluding hydrogens is 542 g/mol. The van der Waals surface area contributed by atoms with E-state index in [1.54, 1.807) is 49.9 Å². The number of fused-ring (bicyclic) bond motifs is 2. The molecule has 2 atom stereocenters. The Labute approximate surface area is 250 Å². The van der Waals surface area contributed by atoms with E-state index < -0.39 is 29.3 Å². The van der Waals surface area contributed by atoms with Crippen LogP contribution in [0.3, 0.4) is 0 Å². The summed E-state index contributed by atoms with van der Waals surface area (Å²) >= 11 is 0. The lowest BCUT2D eigenvalue weighted by Crippen LogP contribution is -2.55. The molecule has 5 N–H and O–H groups in total. The molecule has 0 saturated heterocycles. The molecule has 0 fully saturated rings. The van der Waals surface area contributed by atoms with Gasteiger partial charge in [0.05, 0.1) is 17.8 Å². The van der Waals surface area contributed by atoms with Crippen molar-refractivity contribution in [2.24, 2.45) is 5.73 Å². The number of H-pyrrole nitrogens is 1. The molecule has 3 aromatic carbocycles. The van der Waals surface area contributed by atoms with Crippen LogP contribution in [-0.2, 0) is 27.3 Å². The van der Waals surface area contributed by atoms with Gasteiger partial charge >= 0.3 is 0 Å². The second kappa shape index (κ2) is 12.1. The van der Waals surface area contributed by atoms with Crippen LogP contribution in [0.4, 0.5) is 5.82 Å². The molecule has 5 aromatic rings. The summed E-state index contributed by atoms with van der Waals surface area (Å²) in [6, 6.07) is 20.9. The number of nitrogens with one attached hydrogen (secondary N) is 3. The van der Waals surface area contributed by atoms with Crippen molar-refractivity contribution in [1.82, 2.24) is 24.8 Å². The summed E-state index contributed by atoms with van der Waals surface area (Å²) in [5, 5.41) is 8.77. The molecule has 43 heavy (non-hydrogen) atoms. The molecule has 0 bridgehead atoms. The number of likely N-dealkylation sites (N-methyl/N-ethyl adjacent to an activating group) is 1. The van der Waals surface area contributed by atoms with Gasteiger partial charge < -0.3 is 30.8 Å². The van der Waals surface area contributed by atoms with Crippen molar-refractivity contribution in [2.45, 2.75) is 44.3 Å². The van der Waals surface area contributed by atoms with E-state index in [9.17, 15) is 14.4 Å². The molecule has 0 aliphatic carbocycles. The summed E-state index contributed by atoms with van der Waals surface area (Å²) in [4.78, 5) is 48.8. The maximum absolute atomic E-state index is 13.5. The molecule has 1 unspecified atom stereocenters. The van der Waals surface area contributed by atoms with Crippen molar-refractivity contribution in [1.29, 1.82) is 0 Å². The lowest BCUT2D eigenvalue weighted by molar-refractivity contribution is -0.130. The van der Waals surface area contributed by atoms with Crippen molar-refractivity contribution in [3.63, 3.8) is 0 Å². The molecule has 0 aliphatic heterocycles. The number of hydrogen-bond acceptors (Lipinski definition) is 5.